The van der Waals surface area contributed by atoms with Crippen LogP contribution in [0.15, 0.2) is 76.1 Å². The van der Waals surface area contributed by atoms with E-state index in [4.69, 9.17) is 4.42 Å². The summed E-state index contributed by atoms with van der Waals surface area (Å²) in [5.74, 6) is 0.271. The predicted molar refractivity (Wildman–Crippen MR) is 109 cm³/mol. The highest BCUT2D eigenvalue weighted by Gasteiger charge is 2.27. The summed E-state index contributed by atoms with van der Waals surface area (Å²) in [4.78, 5) is 3.56. The maximum Gasteiger partial charge on any atom is 0.407 e. The maximum atomic E-state index is 12.6. The summed E-state index contributed by atoms with van der Waals surface area (Å²) < 4.78 is 81.2. The van der Waals surface area contributed by atoms with Crippen LogP contribution in [-0.2, 0) is 0 Å². The summed E-state index contributed by atoms with van der Waals surface area (Å²) in [5.41, 5.74) is 2.72. The summed E-state index contributed by atoms with van der Waals surface area (Å²) in [5, 5.41) is 3.04. The summed E-state index contributed by atoms with van der Waals surface area (Å²) in [6.45, 7) is -2.54. The number of anilines is 1. The molecule has 32 heavy (non-hydrogen) atoms. The Morgan fingerprint density at radius 3 is 2.25 bits per heavy atom. The minimum atomic E-state index is -4.44. The van der Waals surface area contributed by atoms with E-state index in [1.54, 1.807) is 12.1 Å². The van der Waals surface area contributed by atoms with Gasteiger partial charge < -0.3 is 9.73 Å². The van der Waals surface area contributed by atoms with E-state index in [9.17, 15) is 26.3 Å². The molecular formula is C23H16F6N2O. The Morgan fingerprint density at radius 1 is 0.812 bits per heavy atom. The third-order valence-corrected chi connectivity index (χ3v) is 4.70. The minimum absolute atomic E-state index is 0.0864. The van der Waals surface area contributed by atoms with Gasteiger partial charge in [0.15, 0.2) is 0 Å². The topological polar surface area (TPSA) is 37.5 Å². The zero-order valence-corrected chi connectivity index (χ0v) is 16.4. The van der Waals surface area contributed by atoms with Gasteiger partial charge in [-0.25, -0.2) is 0 Å². The van der Waals surface area contributed by atoms with Crippen molar-refractivity contribution < 1.29 is 30.8 Å². The Labute approximate surface area is 178 Å². The normalized spacial score (nSPS) is 13.1. The lowest BCUT2D eigenvalue weighted by Gasteiger charge is -2.16. The van der Waals surface area contributed by atoms with Crippen molar-refractivity contribution in [2.45, 2.75) is 12.4 Å². The van der Waals surface area contributed by atoms with E-state index in [0.29, 0.717) is 10.9 Å². The zero-order chi connectivity index (χ0) is 22.9. The molecule has 166 valence electrons. The smallest absolute Gasteiger partial charge is 0.407 e. The standard InChI is InChI=1S/C23H16F6N2O/c24-22(25,26)12-30-15-6-8-17-19(10-15)32-20-11-16(31-13-23(27,28)29)7-9-18(20)21(17)14-4-2-1-3-5-14/h1-11,30H,12-13H2. The van der Waals surface area contributed by atoms with Crippen LogP contribution in [0.2, 0.25) is 0 Å². The largest absolute Gasteiger partial charge is 0.456 e. The molecule has 9 heteroatoms. The number of halogens is 6. The maximum absolute atomic E-state index is 12.6. The van der Waals surface area contributed by atoms with Crippen LogP contribution in [0.3, 0.4) is 0 Å². The number of rotatable bonds is 4. The minimum Gasteiger partial charge on any atom is -0.456 e. The molecule has 2 aromatic carbocycles. The number of hydrogen-bond acceptors (Lipinski definition) is 3. The van der Waals surface area contributed by atoms with Gasteiger partial charge in [-0.15, -0.1) is 0 Å². The molecule has 0 amide bonds. The second-order valence-corrected chi connectivity index (χ2v) is 7.13. The first-order valence-corrected chi connectivity index (χ1v) is 9.53. The summed E-state index contributed by atoms with van der Waals surface area (Å²) >= 11 is 0. The Bertz CT molecular complexity index is 1280. The quantitative estimate of drug-likeness (QED) is 0.280. The van der Waals surface area contributed by atoms with Gasteiger partial charge in [0.05, 0.1) is 5.36 Å². The van der Waals surface area contributed by atoms with E-state index in [1.165, 1.54) is 24.3 Å². The molecule has 0 saturated carbocycles. The predicted octanol–water partition coefficient (Wildman–Crippen LogP) is 6.64. The van der Waals surface area contributed by atoms with Gasteiger partial charge >= 0.3 is 12.4 Å². The molecule has 1 N–H and O–H groups in total. The molecule has 1 aliphatic carbocycles. The van der Waals surface area contributed by atoms with Crippen LogP contribution < -0.4 is 10.7 Å². The second kappa shape index (κ2) is 8.22. The molecule has 0 unspecified atom stereocenters. The molecule has 0 fully saturated rings. The number of nitrogens with one attached hydrogen (secondary N) is 1. The van der Waals surface area contributed by atoms with Crippen molar-refractivity contribution in [3.63, 3.8) is 0 Å². The highest BCUT2D eigenvalue weighted by atomic mass is 19.4. The van der Waals surface area contributed by atoms with Crippen molar-refractivity contribution in [2.24, 2.45) is 4.99 Å². The van der Waals surface area contributed by atoms with Gasteiger partial charge in [0.1, 0.15) is 24.4 Å². The average molecular weight is 450 g/mol. The van der Waals surface area contributed by atoms with Crippen LogP contribution in [0.1, 0.15) is 0 Å². The van der Waals surface area contributed by atoms with E-state index < -0.39 is 25.4 Å². The van der Waals surface area contributed by atoms with E-state index in [0.717, 1.165) is 11.1 Å². The van der Waals surface area contributed by atoms with Crippen molar-refractivity contribution >= 4 is 16.7 Å². The van der Waals surface area contributed by atoms with Gasteiger partial charge in [-0.1, -0.05) is 30.3 Å². The van der Waals surface area contributed by atoms with Crippen LogP contribution in [0.25, 0.3) is 33.4 Å². The molecule has 0 bridgehead atoms. The van der Waals surface area contributed by atoms with Gasteiger partial charge in [0.25, 0.3) is 0 Å². The van der Waals surface area contributed by atoms with E-state index in [2.05, 4.69) is 10.3 Å². The molecule has 1 aliphatic heterocycles. The van der Waals surface area contributed by atoms with Crippen LogP contribution in [0.4, 0.5) is 32.0 Å². The van der Waals surface area contributed by atoms with Crippen LogP contribution >= 0.6 is 0 Å². The van der Waals surface area contributed by atoms with Gasteiger partial charge in [-0.3, -0.25) is 4.99 Å². The first-order chi connectivity index (χ1) is 15.1. The number of alkyl halides is 6. The number of nitrogens with zero attached hydrogens (tertiary/aromatic N) is 1. The fraction of sp³-hybridized carbons (Fsp3) is 0.174. The molecule has 0 saturated heterocycles. The second-order valence-electron chi connectivity index (χ2n) is 7.13. The highest BCUT2D eigenvalue weighted by molar-refractivity contribution is 6.02. The third-order valence-electron chi connectivity index (χ3n) is 4.70. The molecular weight excluding hydrogens is 434 g/mol. The SMILES string of the molecule is FC(F)(F)CN=c1ccc2c(-c3ccccc3)c3ccc(NCC(F)(F)F)cc3oc-2c1. The van der Waals surface area contributed by atoms with Crippen molar-refractivity contribution in [3.8, 4) is 22.5 Å². The number of fused-ring (bicyclic) bond motifs is 2. The number of hydrogen-bond donors (Lipinski definition) is 1. The van der Waals surface area contributed by atoms with E-state index in [-0.39, 0.29) is 22.4 Å². The molecule has 0 spiro atoms. The van der Waals surface area contributed by atoms with Crippen molar-refractivity contribution in [1.29, 1.82) is 0 Å². The fourth-order valence-electron chi connectivity index (χ4n) is 3.39. The lowest BCUT2D eigenvalue weighted by molar-refractivity contribution is -0.118. The van der Waals surface area contributed by atoms with Gasteiger partial charge in [-0.05, 0) is 29.8 Å². The van der Waals surface area contributed by atoms with Crippen LogP contribution in [0, 0.1) is 0 Å². The lowest BCUT2D eigenvalue weighted by atomic mass is 9.93. The third kappa shape index (κ3) is 5.04. The summed E-state index contributed by atoms with van der Waals surface area (Å²) in [6.07, 6.45) is -8.83. The van der Waals surface area contributed by atoms with Gasteiger partial charge in [0, 0.05) is 34.3 Å². The average Bonchev–Trinajstić information content (AvgIpc) is 2.74. The summed E-state index contributed by atoms with van der Waals surface area (Å²) in [7, 11) is 0. The monoisotopic (exact) mass is 450 g/mol. The molecule has 0 atom stereocenters. The lowest BCUT2D eigenvalue weighted by Crippen LogP contribution is -2.21. The Morgan fingerprint density at radius 2 is 1.56 bits per heavy atom. The zero-order valence-electron chi connectivity index (χ0n) is 16.4. The highest BCUT2D eigenvalue weighted by Crippen LogP contribution is 2.40. The van der Waals surface area contributed by atoms with Crippen molar-refractivity contribution in [1.82, 2.24) is 0 Å². The van der Waals surface area contributed by atoms with Gasteiger partial charge in [0.2, 0.25) is 0 Å². The van der Waals surface area contributed by atoms with Crippen LogP contribution in [0.5, 0.6) is 0 Å². The van der Waals surface area contributed by atoms with Crippen molar-refractivity contribution in [2.75, 3.05) is 18.4 Å². The Kier molecular flexibility index (Phi) is 5.58. The Balaban J connectivity index is 1.90. The van der Waals surface area contributed by atoms with Gasteiger partial charge in [-0.2, -0.15) is 26.3 Å². The molecule has 4 rings (SSSR count). The summed E-state index contributed by atoms with van der Waals surface area (Å²) in [6, 6.07) is 18.4. The van der Waals surface area contributed by atoms with Crippen molar-refractivity contribution in [3.05, 3.63) is 72.1 Å². The molecule has 3 nitrogen and oxygen atoms in total. The molecule has 0 radical (unpaired) electrons. The molecule has 1 heterocycles. The molecule has 2 aromatic rings. The van der Waals surface area contributed by atoms with E-state index in [1.807, 2.05) is 30.3 Å². The first-order valence-electron chi connectivity index (χ1n) is 9.53. The molecule has 2 aliphatic rings. The fourth-order valence-corrected chi connectivity index (χ4v) is 3.39. The number of benzene rings is 3. The van der Waals surface area contributed by atoms with Crippen LogP contribution in [-0.4, -0.2) is 25.4 Å². The van der Waals surface area contributed by atoms with E-state index >= 15 is 0 Å². The molecule has 0 aromatic heterocycles. The Hall–Kier alpha value is -3.49. The first kappa shape index (κ1) is 21.7.